The summed E-state index contributed by atoms with van der Waals surface area (Å²) < 4.78 is 10.6. The van der Waals surface area contributed by atoms with E-state index in [2.05, 4.69) is 0 Å². The SMILES string of the molecule is O=C(O)/C=C/c1ccc([N+](=O)[O-])c(OCOCC2CC2)c1. The fourth-order valence-corrected chi connectivity index (χ4v) is 1.67. The summed E-state index contributed by atoms with van der Waals surface area (Å²) in [5, 5.41) is 19.5. The van der Waals surface area contributed by atoms with Crippen molar-refractivity contribution in [2.24, 2.45) is 5.92 Å². The Morgan fingerprint density at radius 3 is 2.86 bits per heavy atom. The average Bonchev–Trinajstić information content (AvgIpc) is 3.25. The molecule has 7 heteroatoms. The number of nitro groups is 1. The number of hydrogen-bond donors (Lipinski definition) is 1. The zero-order valence-electron chi connectivity index (χ0n) is 11.2. The third kappa shape index (κ3) is 4.88. The summed E-state index contributed by atoms with van der Waals surface area (Å²) >= 11 is 0. The first kappa shape index (κ1) is 15.0. The topological polar surface area (TPSA) is 98.9 Å². The highest BCUT2D eigenvalue weighted by Crippen LogP contribution is 2.30. The second-order valence-corrected chi connectivity index (χ2v) is 4.73. The lowest BCUT2D eigenvalue weighted by Crippen LogP contribution is -2.06. The number of ether oxygens (including phenoxy) is 2. The molecule has 0 radical (unpaired) electrons. The first-order valence-corrected chi connectivity index (χ1v) is 6.46. The number of nitrogens with zero attached hydrogens (tertiary/aromatic N) is 1. The van der Waals surface area contributed by atoms with Crippen molar-refractivity contribution in [1.82, 2.24) is 0 Å². The number of rotatable bonds is 8. The molecule has 21 heavy (non-hydrogen) atoms. The van der Waals surface area contributed by atoms with E-state index in [-0.39, 0.29) is 18.2 Å². The number of carboxylic acid groups (broad SMARTS) is 1. The molecule has 1 fully saturated rings. The van der Waals surface area contributed by atoms with E-state index in [0.717, 1.165) is 18.9 Å². The van der Waals surface area contributed by atoms with Crippen LogP contribution in [0.2, 0.25) is 0 Å². The number of carbonyl (C=O) groups is 1. The van der Waals surface area contributed by atoms with E-state index in [0.29, 0.717) is 18.1 Å². The van der Waals surface area contributed by atoms with Crippen LogP contribution in [0.4, 0.5) is 5.69 Å². The smallest absolute Gasteiger partial charge is 0.328 e. The van der Waals surface area contributed by atoms with Gasteiger partial charge in [-0.15, -0.1) is 0 Å². The van der Waals surface area contributed by atoms with Crippen molar-refractivity contribution in [2.45, 2.75) is 12.8 Å². The molecule has 1 aliphatic carbocycles. The maximum absolute atomic E-state index is 10.9. The van der Waals surface area contributed by atoms with Gasteiger partial charge in [0, 0.05) is 12.1 Å². The van der Waals surface area contributed by atoms with E-state index in [4.69, 9.17) is 14.6 Å². The predicted molar refractivity (Wildman–Crippen MR) is 73.9 cm³/mol. The van der Waals surface area contributed by atoms with Gasteiger partial charge in [-0.1, -0.05) is 0 Å². The normalized spacial score (nSPS) is 14.3. The minimum atomic E-state index is -1.09. The van der Waals surface area contributed by atoms with Crippen LogP contribution in [0.3, 0.4) is 0 Å². The standard InChI is InChI=1S/C14H15NO6/c16-14(17)6-4-10-3-5-12(15(18)19)13(7-10)21-9-20-8-11-1-2-11/h3-7,11H,1-2,8-9H2,(H,16,17)/b6-4+. The Balaban J connectivity index is 2.03. The van der Waals surface area contributed by atoms with Gasteiger partial charge in [0.25, 0.3) is 0 Å². The average molecular weight is 293 g/mol. The lowest BCUT2D eigenvalue weighted by atomic mass is 10.2. The molecule has 1 aromatic carbocycles. The lowest BCUT2D eigenvalue weighted by Gasteiger charge is -2.08. The van der Waals surface area contributed by atoms with Crippen molar-refractivity contribution in [3.8, 4) is 5.75 Å². The number of aliphatic carboxylic acids is 1. The van der Waals surface area contributed by atoms with Crippen molar-refractivity contribution >= 4 is 17.7 Å². The summed E-state index contributed by atoms with van der Waals surface area (Å²) in [6.45, 7) is 0.524. The van der Waals surface area contributed by atoms with Crippen LogP contribution in [0.15, 0.2) is 24.3 Å². The molecule has 0 aromatic heterocycles. The zero-order valence-corrected chi connectivity index (χ0v) is 11.2. The fraction of sp³-hybridized carbons (Fsp3) is 0.357. The molecule has 0 bridgehead atoms. The van der Waals surface area contributed by atoms with Gasteiger partial charge >= 0.3 is 11.7 Å². The van der Waals surface area contributed by atoms with Crippen LogP contribution in [0.1, 0.15) is 18.4 Å². The van der Waals surface area contributed by atoms with Crippen molar-refractivity contribution in [1.29, 1.82) is 0 Å². The fourth-order valence-electron chi connectivity index (χ4n) is 1.67. The number of nitro benzene ring substituents is 1. The molecule has 0 unspecified atom stereocenters. The van der Waals surface area contributed by atoms with Gasteiger partial charge in [0.05, 0.1) is 11.5 Å². The molecule has 0 aliphatic heterocycles. The quantitative estimate of drug-likeness (QED) is 0.260. The molecule has 1 aromatic rings. The third-order valence-corrected chi connectivity index (χ3v) is 2.95. The zero-order chi connectivity index (χ0) is 15.2. The van der Waals surface area contributed by atoms with Gasteiger partial charge in [-0.3, -0.25) is 10.1 Å². The summed E-state index contributed by atoms with van der Waals surface area (Å²) in [4.78, 5) is 20.8. The lowest BCUT2D eigenvalue weighted by molar-refractivity contribution is -0.386. The highest BCUT2D eigenvalue weighted by Gasteiger charge is 2.21. The van der Waals surface area contributed by atoms with Crippen LogP contribution in [-0.4, -0.2) is 29.4 Å². The molecule has 0 spiro atoms. The molecular weight excluding hydrogens is 278 g/mol. The molecule has 0 atom stereocenters. The van der Waals surface area contributed by atoms with Crippen LogP contribution in [-0.2, 0) is 9.53 Å². The second kappa shape index (κ2) is 6.85. The molecule has 7 nitrogen and oxygen atoms in total. The van der Waals surface area contributed by atoms with Gasteiger partial charge in [-0.05, 0) is 42.5 Å². The molecule has 0 amide bonds. The number of hydrogen-bond acceptors (Lipinski definition) is 5. The van der Waals surface area contributed by atoms with E-state index in [9.17, 15) is 14.9 Å². The van der Waals surface area contributed by atoms with Crippen LogP contribution in [0.25, 0.3) is 6.08 Å². The van der Waals surface area contributed by atoms with Crippen LogP contribution in [0, 0.1) is 16.0 Å². The Morgan fingerprint density at radius 1 is 1.48 bits per heavy atom. The molecule has 112 valence electrons. The maximum Gasteiger partial charge on any atom is 0.328 e. The van der Waals surface area contributed by atoms with Crippen molar-refractivity contribution in [3.63, 3.8) is 0 Å². The van der Waals surface area contributed by atoms with Crippen LogP contribution < -0.4 is 4.74 Å². The molecule has 0 saturated heterocycles. The summed E-state index contributed by atoms with van der Waals surface area (Å²) in [6.07, 6.45) is 4.59. The van der Waals surface area contributed by atoms with Crippen molar-refractivity contribution in [3.05, 3.63) is 40.0 Å². The molecule has 1 N–H and O–H groups in total. The summed E-state index contributed by atoms with van der Waals surface area (Å²) in [7, 11) is 0. The first-order chi connectivity index (χ1) is 10.1. The molecule has 1 aliphatic rings. The minimum absolute atomic E-state index is 0.0586. The third-order valence-electron chi connectivity index (χ3n) is 2.95. The highest BCUT2D eigenvalue weighted by atomic mass is 16.7. The predicted octanol–water partition coefficient (Wildman–Crippen LogP) is 2.46. The largest absolute Gasteiger partial charge is 0.478 e. The van der Waals surface area contributed by atoms with E-state index in [1.54, 1.807) is 0 Å². The van der Waals surface area contributed by atoms with E-state index < -0.39 is 10.9 Å². The number of carboxylic acids is 1. The maximum atomic E-state index is 10.9. The Labute approximate surface area is 120 Å². The van der Waals surface area contributed by atoms with E-state index in [1.807, 2.05) is 0 Å². The van der Waals surface area contributed by atoms with Crippen LogP contribution in [0.5, 0.6) is 5.75 Å². The second-order valence-electron chi connectivity index (χ2n) is 4.73. The summed E-state index contributed by atoms with van der Waals surface area (Å²) in [5.41, 5.74) is 0.317. The van der Waals surface area contributed by atoms with E-state index >= 15 is 0 Å². The Hall–Kier alpha value is -2.41. The van der Waals surface area contributed by atoms with Gasteiger partial charge in [0.2, 0.25) is 0 Å². The Morgan fingerprint density at radius 2 is 2.24 bits per heavy atom. The van der Waals surface area contributed by atoms with Gasteiger partial charge in [-0.25, -0.2) is 4.79 Å². The Bertz CT molecular complexity index is 565. The molecule has 0 heterocycles. The van der Waals surface area contributed by atoms with E-state index in [1.165, 1.54) is 24.3 Å². The number of benzene rings is 1. The summed E-state index contributed by atoms with van der Waals surface area (Å²) in [6, 6.07) is 4.14. The Kier molecular flexibility index (Phi) is 4.89. The molecular formula is C14H15NO6. The highest BCUT2D eigenvalue weighted by molar-refractivity contribution is 5.85. The van der Waals surface area contributed by atoms with Gasteiger partial charge in [-0.2, -0.15) is 0 Å². The van der Waals surface area contributed by atoms with Crippen LogP contribution >= 0.6 is 0 Å². The van der Waals surface area contributed by atoms with Gasteiger partial charge in [0.1, 0.15) is 0 Å². The molecule has 2 rings (SSSR count). The van der Waals surface area contributed by atoms with Crippen molar-refractivity contribution in [2.75, 3.05) is 13.4 Å². The summed E-state index contributed by atoms with van der Waals surface area (Å²) in [5.74, 6) is -0.458. The molecule has 1 saturated carbocycles. The van der Waals surface area contributed by atoms with Gasteiger partial charge in [0.15, 0.2) is 12.5 Å². The van der Waals surface area contributed by atoms with Crippen molar-refractivity contribution < 1.29 is 24.3 Å². The first-order valence-electron chi connectivity index (χ1n) is 6.46. The van der Waals surface area contributed by atoms with Gasteiger partial charge < -0.3 is 14.6 Å². The minimum Gasteiger partial charge on any atom is -0.478 e. The monoisotopic (exact) mass is 293 g/mol.